The minimum Gasteiger partial charge on any atom is -0.448 e. The summed E-state index contributed by atoms with van der Waals surface area (Å²) in [6.07, 6.45) is 3.61. The van der Waals surface area contributed by atoms with Gasteiger partial charge in [0.2, 0.25) is 0 Å². The molecule has 138 valence electrons. The maximum absolute atomic E-state index is 12.5. The van der Waals surface area contributed by atoms with E-state index < -0.39 is 12.1 Å². The number of carbonyl (C=O) groups excluding carboxylic acids is 2. The smallest absolute Gasteiger partial charge is 0.339 e. The van der Waals surface area contributed by atoms with Crippen LogP contribution in [0.5, 0.6) is 0 Å². The maximum Gasteiger partial charge on any atom is 0.339 e. The summed E-state index contributed by atoms with van der Waals surface area (Å²) in [6, 6.07) is 24.8. The number of ether oxygens (including phenoxy) is 1. The van der Waals surface area contributed by atoms with Crippen LogP contribution >= 0.6 is 0 Å². The zero-order valence-electron chi connectivity index (χ0n) is 15.2. The molecule has 3 aromatic carbocycles. The predicted octanol–water partition coefficient (Wildman–Crippen LogP) is 4.58. The van der Waals surface area contributed by atoms with E-state index in [2.05, 4.69) is 5.32 Å². The normalized spacial score (nSPS) is 15.7. The standard InChI is InChI=1S/C24H19NO3/c26-23(22-16-19-8-4-5-9-21(19)24(27)28-22)25-20-14-12-18(13-15-20)11-10-17-6-2-1-3-7-17/h1-15,22H,16H2,(H,25,26)/b11-10+/t22-/m0/s1. The number of esters is 1. The summed E-state index contributed by atoms with van der Waals surface area (Å²) in [6.45, 7) is 0. The van der Waals surface area contributed by atoms with Crippen LogP contribution in [0.2, 0.25) is 0 Å². The molecule has 4 rings (SSSR count). The topological polar surface area (TPSA) is 55.4 Å². The summed E-state index contributed by atoms with van der Waals surface area (Å²) in [5.41, 5.74) is 4.18. The Bertz CT molecular complexity index is 1020. The van der Waals surface area contributed by atoms with Gasteiger partial charge < -0.3 is 10.1 Å². The second-order valence-electron chi connectivity index (χ2n) is 6.61. The van der Waals surface area contributed by atoms with Gasteiger partial charge in [-0.25, -0.2) is 4.79 Å². The van der Waals surface area contributed by atoms with Crippen molar-refractivity contribution in [1.29, 1.82) is 0 Å². The van der Waals surface area contributed by atoms with Crippen molar-refractivity contribution in [2.75, 3.05) is 5.32 Å². The summed E-state index contributed by atoms with van der Waals surface area (Å²) in [7, 11) is 0. The molecule has 0 aromatic heterocycles. The average molecular weight is 369 g/mol. The molecule has 1 aliphatic heterocycles. The third-order valence-electron chi connectivity index (χ3n) is 4.63. The van der Waals surface area contributed by atoms with Crippen LogP contribution in [0.4, 0.5) is 5.69 Å². The molecule has 3 aromatic rings. The first-order valence-corrected chi connectivity index (χ1v) is 9.12. The Hall–Kier alpha value is -3.66. The number of benzene rings is 3. The predicted molar refractivity (Wildman–Crippen MR) is 110 cm³/mol. The van der Waals surface area contributed by atoms with E-state index in [9.17, 15) is 9.59 Å². The lowest BCUT2D eigenvalue weighted by Gasteiger charge is -2.23. The molecule has 4 heteroatoms. The highest BCUT2D eigenvalue weighted by atomic mass is 16.5. The lowest BCUT2D eigenvalue weighted by molar-refractivity contribution is -0.125. The monoisotopic (exact) mass is 369 g/mol. The highest BCUT2D eigenvalue weighted by Gasteiger charge is 2.30. The first kappa shape index (κ1) is 17.7. The van der Waals surface area contributed by atoms with Crippen LogP contribution in [0.25, 0.3) is 12.2 Å². The van der Waals surface area contributed by atoms with Crippen molar-refractivity contribution in [2.45, 2.75) is 12.5 Å². The van der Waals surface area contributed by atoms with Crippen LogP contribution < -0.4 is 5.32 Å². The third kappa shape index (κ3) is 4.01. The van der Waals surface area contributed by atoms with Crippen LogP contribution in [0, 0.1) is 0 Å². The second-order valence-corrected chi connectivity index (χ2v) is 6.61. The van der Waals surface area contributed by atoms with Crippen molar-refractivity contribution in [3.63, 3.8) is 0 Å². The molecular weight excluding hydrogens is 350 g/mol. The average Bonchev–Trinajstić information content (AvgIpc) is 2.74. The van der Waals surface area contributed by atoms with Gasteiger partial charge >= 0.3 is 5.97 Å². The molecule has 1 aliphatic rings. The van der Waals surface area contributed by atoms with Gasteiger partial charge in [0, 0.05) is 12.1 Å². The number of nitrogens with one attached hydrogen (secondary N) is 1. The molecular formula is C24H19NO3. The molecule has 1 atom stereocenters. The Labute approximate surface area is 163 Å². The van der Waals surface area contributed by atoms with Gasteiger partial charge in [0.25, 0.3) is 5.91 Å². The van der Waals surface area contributed by atoms with Crippen molar-refractivity contribution in [3.8, 4) is 0 Å². The van der Waals surface area contributed by atoms with Gasteiger partial charge in [-0.1, -0.05) is 72.8 Å². The zero-order valence-corrected chi connectivity index (χ0v) is 15.2. The maximum atomic E-state index is 12.5. The first-order valence-electron chi connectivity index (χ1n) is 9.12. The minimum absolute atomic E-state index is 0.324. The van der Waals surface area contributed by atoms with Crippen molar-refractivity contribution in [2.24, 2.45) is 0 Å². The molecule has 0 fully saturated rings. The Morgan fingerprint density at radius 3 is 2.25 bits per heavy atom. The molecule has 0 aliphatic carbocycles. The SMILES string of the molecule is O=C1O[C@H](C(=O)Nc2ccc(/C=C/c3ccccc3)cc2)Cc2ccccc21. The van der Waals surface area contributed by atoms with Crippen molar-refractivity contribution >= 4 is 29.7 Å². The zero-order chi connectivity index (χ0) is 19.3. The van der Waals surface area contributed by atoms with Crippen LogP contribution in [-0.4, -0.2) is 18.0 Å². The quantitative estimate of drug-likeness (QED) is 0.541. The second kappa shape index (κ2) is 7.92. The highest BCUT2D eigenvalue weighted by Crippen LogP contribution is 2.22. The summed E-state index contributed by atoms with van der Waals surface area (Å²) in [5, 5.41) is 2.82. The van der Waals surface area contributed by atoms with E-state index in [1.165, 1.54) is 0 Å². The molecule has 0 spiro atoms. The van der Waals surface area contributed by atoms with Gasteiger partial charge in [-0.05, 0) is 34.9 Å². The van der Waals surface area contributed by atoms with E-state index >= 15 is 0 Å². The fourth-order valence-corrected chi connectivity index (χ4v) is 3.13. The number of carbonyl (C=O) groups is 2. The van der Waals surface area contributed by atoms with Gasteiger partial charge in [0.15, 0.2) is 6.10 Å². The van der Waals surface area contributed by atoms with Gasteiger partial charge in [0.1, 0.15) is 0 Å². The molecule has 1 heterocycles. The van der Waals surface area contributed by atoms with Gasteiger partial charge in [-0.2, -0.15) is 0 Å². The summed E-state index contributed by atoms with van der Waals surface area (Å²) < 4.78 is 5.30. The van der Waals surface area contributed by atoms with E-state index in [0.717, 1.165) is 16.7 Å². The Kier molecular flexibility index (Phi) is 5.02. The van der Waals surface area contributed by atoms with Gasteiger partial charge in [-0.15, -0.1) is 0 Å². The molecule has 4 nitrogen and oxygen atoms in total. The minimum atomic E-state index is -0.819. The number of cyclic esters (lactones) is 1. The molecule has 0 radical (unpaired) electrons. The van der Waals surface area contributed by atoms with Crippen LogP contribution in [-0.2, 0) is 16.0 Å². The van der Waals surface area contributed by atoms with E-state index in [4.69, 9.17) is 4.74 Å². The van der Waals surface area contributed by atoms with E-state index in [1.807, 2.05) is 78.9 Å². The molecule has 1 amide bonds. The fourth-order valence-electron chi connectivity index (χ4n) is 3.13. The van der Waals surface area contributed by atoms with Crippen molar-refractivity contribution < 1.29 is 14.3 Å². The summed E-state index contributed by atoms with van der Waals surface area (Å²) in [4.78, 5) is 24.6. The number of anilines is 1. The van der Waals surface area contributed by atoms with E-state index in [0.29, 0.717) is 17.7 Å². The number of rotatable bonds is 4. The van der Waals surface area contributed by atoms with E-state index in [-0.39, 0.29) is 5.91 Å². The third-order valence-corrected chi connectivity index (χ3v) is 4.63. The van der Waals surface area contributed by atoms with E-state index in [1.54, 1.807) is 12.1 Å². The Balaban J connectivity index is 1.40. The van der Waals surface area contributed by atoms with Gasteiger partial charge in [-0.3, -0.25) is 4.79 Å². The molecule has 0 bridgehead atoms. The molecule has 1 N–H and O–H groups in total. The lowest BCUT2D eigenvalue weighted by atomic mass is 9.98. The largest absolute Gasteiger partial charge is 0.448 e. The molecule has 0 saturated heterocycles. The van der Waals surface area contributed by atoms with Crippen LogP contribution in [0.3, 0.4) is 0 Å². The van der Waals surface area contributed by atoms with Crippen molar-refractivity contribution in [1.82, 2.24) is 0 Å². The van der Waals surface area contributed by atoms with Crippen LogP contribution in [0.15, 0.2) is 78.9 Å². The summed E-state index contributed by atoms with van der Waals surface area (Å²) in [5.74, 6) is -0.779. The fraction of sp³-hybridized carbons (Fsp3) is 0.0833. The first-order chi connectivity index (χ1) is 13.7. The number of hydrogen-bond acceptors (Lipinski definition) is 3. The van der Waals surface area contributed by atoms with Crippen molar-refractivity contribution in [3.05, 3.63) is 101 Å². The Morgan fingerprint density at radius 1 is 0.857 bits per heavy atom. The van der Waals surface area contributed by atoms with Gasteiger partial charge in [0.05, 0.1) is 5.56 Å². The Morgan fingerprint density at radius 2 is 1.50 bits per heavy atom. The molecule has 28 heavy (non-hydrogen) atoms. The molecule has 0 saturated carbocycles. The lowest BCUT2D eigenvalue weighted by Crippen LogP contribution is -2.37. The summed E-state index contributed by atoms with van der Waals surface area (Å²) >= 11 is 0. The van der Waals surface area contributed by atoms with Crippen LogP contribution in [0.1, 0.15) is 27.0 Å². The molecule has 0 unspecified atom stereocenters. The number of hydrogen-bond donors (Lipinski definition) is 1. The number of amides is 1. The number of fused-ring (bicyclic) bond motifs is 1. The highest BCUT2D eigenvalue weighted by molar-refractivity contribution is 6.00.